The Morgan fingerprint density at radius 1 is 1.42 bits per heavy atom. The molecular weight excluding hydrogens is 363 g/mol. The maximum Gasteiger partial charge on any atom is 0.274 e. The number of halogens is 1. The Bertz CT molecular complexity index is 671. The lowest BCUT2D eigenvalue weighted by molar-refractivity contribution is -0.385. The van der Waals surface area contributed by atoms with Crippen molar-refractivity contribution >= 4 is 34.1 Å². The van der Waals surface area contributed by atoms with E-state index in [2.05, 4.69) is 15.3 Å². The van der Waals surface area contributed by atoms with Crippen molar-refractivity contribution in [3.8, 4) is 0 Å². The summed E-state index contributed by atoms with van der Waals surface area (Å²) in [5, 5.41) is 13.8. The molecule has 8 heteroatoms. The number of aromatic amines is 1. The molecule has 7 nitrogen and oxygen atoms in total. The van der Waals surface area contributed by atoms with Gasteiger partial charge >= 0.3 is 0 Å². The van der Waals surface area contributed by atoms with E-state index in [9.17, 15) is 14.9 Å². The number of anilines is 1. The zero-order valence-electron chi connectivity index (χ0n) is 9.59. The van der Waals surface area contributed by atoms with Crippen molar-refractivity contribution in [1.29, 1.82) is 0 Å². The van der Waals surface area contributed by atoms with E-state index in [4.69, 9.17) is 0 Å². The lowest BCUT2D eigenvalue weighted by Crippen LogP contribution is -2.15. The summed E-state index contributed by atoms with van der Waals surface area (Å²) in [5.41, 5.74) is 0.320. The maximum atomic E-state index is 11.4. The summed E-state index contributed by atoms with van der Waals surface area (Å²) in [6.07, 6.45) is 1.28. The molecule has 0 aliphatic carbocycles. The molecule has 1 aromatic heterocycles. The smallest absolute Gasteiger partial charge is 0.274 e. The van der Waals surface area contributed by atoms with Crippen LogP contribution in [0.4, 0.5) is 11.5 Å². The molecule has 0 saturated heterocycles. The first kappa shape index (κ1) is 13.5. The third-order valence-corrected chi connectivity index (χ3v) is 3.43. The summed E-state index contributed by atoms with van der Waals surface area (Å²) < 4.78 is 0.415. The van der Waals surface area contributed by atoms with E-state index in [0.717, 1.165) is 0 Å². The normalized spacial score (nSPS) is 10.2. The third kappa shape index (κ3) is 3.08. The van der Waals surface area contributed by atoms with E-state index in [0.29, 0.717) is 15.0 Å². The third-order valence-electron chi connectivity index (χ3n) is 2.43. The molecule has 2 N–H and O–H groups in total. The van der Waals surface area contributed by atoms with Gasteiger partial charge in [0.1, 0.15) is 9.39 Å². The van der Waals surface area contributed by atoms with Crippen LogP contribution in [0.3, 0.4) is 0 Å². The fraction of sp³-hybridized carbons (Fsp3) is 0.0909. The second kappa shape index (κ2) is 5.78. The molecule has 0 bridgehead atoms. The average molecular weight is 372 g/mol. The van der Waals surface area contributed by atoms with Gasteiger partial charge < -0.3 is 10.3 Å². The van der Waals surface area contributed by atoms with E-state index in [1.807, 2.05) is 22.6 Å². The molecule has 98 valence electrons. The number of nitro benzene ring substituents is 1. The first-order valence-electron chi connectivity index (χ1n) is 5.29. The van der Waals surface area contributed by atoms with Crippen molar-refractivity contribution in [1.82, 2.24) is 9.97 Å². The topological polar surface area (TPSA) is 101 Å². The second-order valence-corrected chi connectivity index (χ2v) is 4.71. The van der Waals surface area contributed by atoms with Gasteiger partial charge in [-0.1, -0.05) is 18.2 Å². The Kier molecular flexibility index (Phi) is 4.10. The van der Waals surface area contributed by atoms with Crippen molar-refractivity contribution < 1.29 is 4.92 Å². The Hall–Kier alpha value is -1.97. The minimum Gasteiger partial charge on any atom is -0.365 e. The first-order chi connectivity index (χ1) is 9.09. The summed E-state index contributed by atoms with van der Waals surface area (Å²) in [6, 6.07) is 6.43. The largest absolute Gasteiger partial charge is 0.365 e. The number of para-hydroxylation sites is 1. The summed E-state index contributed by atoms with van der Waals surface area (Å²) in [5.74, 6) is 0.405. The van der Waals surface area contributed by atoms with Gasteiger partial charge in [0, 0.05) is 18.2 Å². The molecule has 1 aromatic carbocycles. The fourth-order valence-electron chi connectivity index (χ4n) is 1.52. The van der Waals surface area contributed by atoms with Gasteiger partial charge in [-0.3, -0.25) is 14.9 Å². The average Bonchev–Trinajstić information content (AvgIpc) is 2.40. The van der Waals surface area contributed by atoms with Crippen LogP contribution >= 0.6 is 22.6 Å². The number of nitrogens with one attached hydrogen (secondary N) is 2. The molecule has 0 aliphatic rings. The number of nitro groups is 1. The highest BCUT2D eigenvalue weighted by atomic mass is 127. The minimum absolute atomic E-state index is 0.0369. The zero-order chi connectivity index (χ0) is 13.8. The Morgan fingerprint density at radius 2 is 2.16 bits per heavy atom. The van der Waals surface area contributed by atoms with Crippen molar-refractivity contribution in [2.24, 2.45) is 0 Å². The molecule has 2 aromatic rings. The van der Waals surface area contributed by atoms with Crippen LogP contribution in [0.1, 0.15) is 5.56 Å². The monoisotopic (exact) mass is 372 g/mol. The molecule has 2 rings (SSSR count). The molecule has 0 fully saturated rings. The highest BCUT2D eigenvalue weighted by molar-refractivity contribution is 14.1. The van der Waals surface area contributed by atoms with E-state index in [-0.39, 0.29) is 17.8 Å². The summed E-state index contributed by atoms with van der Waals surface area (Å²) in [4.78, 5) is 28.2. The molecular formula is C11H9IN4O3. The first-order valence-corrected chi connectivity index (χ1v) is 6.37. The van der Waals surface area contributed by atoms with Crippen molar-refractivity contribution in [2.45, 2.75) is 6.54 Å². The van der Waals surface area contributed by atoms with Gasteiger partial charge in [-0.05, 0) is 22.6 Å². The highest BCUT2D eigenvalue weighted by Gasteiger charge is 2.13. The molecule has 0 atom stereocenters. The molecule has 1 heterocycles. The Morgan fingerprint density at radius 3 is 2.89 bits per heavy atom. The van der Waals surface area contributed by atoms with E-state index in [1.165, 1.54) is 12.4 Å². The predicted octanol–water partition coefficient (Wildman–Crippen LogP) is 1.89. The van der Waals surface area contributed by atoms with Crippen LogP contribution in [0.5, 0.6) is 0 Å². The van der Waals surface area contributed by atoms with Crippen molar-refractivity contribution in [3.05, 3.63) is 60.2 Å². The number of benzene rings is 1. The lowest BCUT2D eigenvalue weighted by atomic mass is 10.2. The Labute approximate surface area is 121 Å². The van der Waals surface area contributed by atoms with Crippen LogP contribution in [0.25, 0.3) is 0 Å². The van der Waals surface area contributed by atoms with E-state index < -0.39 is 4.92 Å². The molecule has 19 heavy (non-hydrogen) atoms. The van der Waals surface area contributed by atoms with Gasteiger partial charge in [0.2, 0.25) is 0 Å². The number of hydrogen-bond donors (Lipinski definition) is 2. The number of H-pyrrole nitrogens is 1. The molecule has 0 aliphatic heterocycles. The summed E-state index contributed by atoms with van der Waals surface area (Å²) in [6.45, 7) is 0.226. The van der Waals surface area contributed by atoms with E-state index >= 15 is 0 Å². The fourth-order valence-corrected chi connectivity index (χ4v) is 2.01. The summed E-state index contributed by atoms with van der Waals surface area (Å²) >= 11 is 1.87. The van der Waals surface area contributed by atoms with Crippen LogP contribution in [0.15, 0.2) is 35.4 Å². The number of rotatable bonds is 4. The van der Waals surface area contributed by atoms with Crippen LogP contribution < -0.4 is 10.9 Å². The van der Waals surface area contributed by atoms with Gasteiger partial charge in [-0.25, -0.2) is 4.98 Å². The standard InChI is InChI=1S/C11H9IN4O3/c12-9-10(14-6-15-11(9)17)13-5-7-3-1-2-4-8(7)16(18)19/h1-4,6H,5H2,(H2,13,14,15,17). The minimum atomic E-state index is -0.437. The second-order valence-electron chi connectivity index (χ2n) is 3.63. The van der Waals surface area contributed by atoms with Gasteiger partial charge in [-0.15, -0.1) is 0 Å². The van der Waals surface area contributed by atoms with Crippen LogP contribution in [-0.2, 0) is 6.54 Å². The van der Waals surface area contributed by atoms with Gasteiger partial charge in [0.15, 0.2) is 0 Å². The van der Waals surface area contributed by atoms with Gasteiger partial charge in [0.05, 0.1) is 11.3 Å². The van der Waals surface area contributed by atoms with Crippen molar-refractivity contribution in [3.63, 3.8) is 0 Å². The molecule has 0 unspecified atom stereocenters. The number of nitrogens with zero attached hydrogens (tertiary/aromatic N) is 2. The van der Waals surface area contributed by atoms with Crippen molar-refractivity contribution in [2.75, 3.05) is 5.32 Å². The quantitative estimate of drug-likeness (QED) is 0.485. The van der Waals surface area contributed by atoms with Crippen LogP contribution in [-0.4, -0.2) is 14.9 Å². The summed E-state index contributed by atoms with van der Waals surface area (Å²) in [7, 11) is 0. The van der Waals surface area contributed by atoms with Crippen LogP contribution in [0, 0.1) is 13.7 Å². The number of aromatic nitrogens is 2. The van der Waals surface area contributed by atoms with Crippen LogP contribution in [0.2, 0.25) is 0 Å². The lowest BCUT2D eigenvalue weighted by Gasteiger charge is -2.07. The number of hydrogen-bond acceptors (Lipinski definition) is 5. The molecule has 0 spiro atoms. The molecule has 0 saturated carbocycles. The molecule has 0 amide bonds. The SMILES string of the molecule is O=c1[nH]cnc(NCc2ccccc2[N+](=O)[O-])c1I. The van der Waals surface area contributed by atoms with Gasteiger partial charge in [0.25, 0.3) is 11.2 Å². The molecule has 0 radical (unpaired) electrons. The highest BCUT2D eigenvalue weighted by Crippen LogP contribution is 2.19. The zero-order valence-corrected chi connectivity index (χ0v) is 11.7. The Balaban J connectivity index is 2.22. The van der Waals surface area contributed by atoms with Gasteiger partial charge in [-0.2, -0.15) is 0 Å². The predicted molar refractivity (Wildman–Crippen MR) is 78.0 cm³/mol. The van der Waals surface area contributed by atoms with E-state index in [1.54, 1.807) is 18.2 Å². The maximum absolute atomic E-state index is 11.4.